The van der Waals surface area contributed by atoms with Gasteiger partial charge in [-0.15, -0.1) is 0 Å². The fourth-order valence-electron chi connectivity index (χ4n) is 2.48. The number of benzene rings is 1. The number of carbonyl (C=O) groups excluding carboxylic acids is 1. The molecule has 2 rings (SSSR count). The molecule has 0 saturated heterocycles. The second kappa shape index (κ2) is 6.45. The van der Waals surface area contributed by atoms with E-state index in [0.717, 1.165) is 30.0 Å². The minimum Gasteiger partial charge on any atom is -0.479 e. The fraction of sp³-hybridized carbons (Fsp3) is 0.562. The van der Waals surface area contributed by atoms with E-state index in [4.69, 9.17) is 10.5 Å². The van der Waals surface area contributed by atoms with Crippen LogP contribution in [0.5, 0.6) is 5.75 Å². The van der Waals surface area contributed by atoms with Gasteiger partial charge in [-0.05, 0) is 58.6 Å². The number of nitrogens with zero attached hydrogens (tertiary/aromatic N) is 2. The first-order chi connectivity index (χ1) is 9.90. The van der Waals surface area contributed by atoms with Crippen LogP contribution in [0.3, 0.4) is 0 Å². The van der Waals surface area contributed by atoms with Crippen LogP contribution in [0.15, 0.2) is 18.2 Å². The summed E-state index contributed by atoms with van der Waals surface area (Å²) in [6.07, 6.45) is 0.492. The van der Waals surface area contributed by atoms with Crippen LogP contribution in [0.2, 0.25) is 0 Å². The molecule has 5 nitrogen and oxygen atoms in total. The number of ether oxygens (including phenoxy) is 1. The highest BCUT2D eigenvalue weighted by Gasteiger charge is 2.31. The van der Waals surface area contributed by atoms with Crippen molar-refractivity contribution in [3.63, 3.8) is 0 Å². The van der Waals surface area contributed by atoms with Gasteiger partial charge in [0.15, 0.2) is 6.10 Å². The molecule has 1 amide bonds. The molecule has 1 aromatic carbocycles. The lowest BCUT2D eigenvalue weighted by molar-refractivity contribution is -0.125. The monoisotopic (exact) mass is 291 g/mol. The van der Waals surface area contributed by atoms with Gasteiger partial charge in [-0.25, -0.2) is 0 Å². The number of carbonyl (C=O) groups is 1. The predicted octanol–water partition coefficient (Wildman–Crippen LogP) is 1.77. The van der Waals surface area contributed by atoms with Crippen molar-refractivity contribution in [1.82, 2.24) is 4.90 Å². The Bertz CT molecular complexity index is 514. The average Bonchev–Trinajstić information content (AvgIpc) is 2.42. The zero-order valence-corrected chi connectivity index (χ0v) is 13.3. The van der Waals surface area contributed by atoms with E-state index in [0.29, 0.717) is 6.54 Å². The van der Waals surface area contributed by atoms with Gasteiger partial charge >= 0.3 is 0 Å². The van der Waals surface area contributed by atoms with Crippen molar-refractivity contribution >= 4 is 11.6 Å². The van der Waals surface area contributed by atoms with Crippen LogP contribution in [0.1, 0.15) is 31.9 Å². The van der Waals surface area contributed by atoms with Crippen molar-refractivity contribution in [2.24, 2.45) is 5.73 Å². The summed E-state index contributed by atoms with van der Waals surface area (Å²) in [4.78, 5) is 16.4. The van der Waals surface area contributed by atoms with Gasteiger partial charge in [0.1, 0.15) is 5.75 Å². The van der Waals surface area contributed by atoms with Crippen molar-refractivity contribution in [3.8, 4) is 5.75 Å². The van der Waals surface area contributed by atoms with Crippen LogP contribution in [0, 0.1) is 0 Å². The number of nitrogens with two attached hydrogens (primary N) is 1. The third-order valence-corrected chi connectivity index (χ3v) is 3.70. The Morgan fingerprint density at radius 2 is 2.14 bits per heavy atom. The predicted molar refractivity (Wildman–Crippen MR) is 84.7 cm³/mol. The Hall–Kier alpha value is -1.59. The maximum Gasteiger partial charge on any atom is 0.267 e. The molecule has 116 valence electrons. The third-order valence-electron chi connectivity index (χ3n) is 3.70. The second-order valence-electron chi connectivity index (χ2n) is 5.92. The Balaban J connectivity index is 2.26. The normalized spacial score (nSPS) is 19.4. The Labute approximate surface area is 126 Å². The number of hydrogen-bond donors (Lipinski definition) is 1. The minimum absolute atomic E-state index is 0.0167. The molecule has 0 fully saturated rings. The maximum absolute atomic E-state index is 12.4. The molecule has 21 heavy (non-hydrogen) atoms. The van der Waals surface area contributed by atoms with E-state index >= 15 is 0 Å². The standard InChI is InChI=1S/C16H25N3O2/c1-11(17)13-6-7-15-14(10-13)19(9-5-8-18(3)4)16(20)12(2)21-15/h6-7,10-12H,5,8-9,17H2,1-4H3. The summed E-state index contributed by atoms with van der Waals surface area (Å²) >= 11 is 0. The largest absolute Gasteiger partial charge is 0.479 e. The van der Waals surface area contributed by atoms with E-state index in [2.05, 4.69) is 4.90 Å². The third kappa shape index (κ3) is 3.54. The summed E-state index contributed by atoms with van der Waals surface area (Å²) in [7, 11) is 4.07. The summed E-state index contributed by atoms with van der Waals surface area (Å²) in [5, 5.41) is 0. The Morgan fingerprint density at radius 1 is 1.43 bits per heavy atom. The van der Waals surface area contributed by atoms with Crippen LogP contribution >= 0.6 is 0 Å². The van der Waals surface area contributed by atoms with Crippen molar-refractivity contribution in [3.05, 3.63) is 23.8 Å². The van der Waals surface area contributed by atoms with Gasteiger partial charge in [-0.1, -0.05) is 6.07 Å². The number of anilines is 1. The summed E-state index contributed by atoms with van der Waals surface area (Å²) in [6.45, 7) is 5.37. The lowest BCUT2D eigenvalue weighted by atomic mass is 10.1. The molecule has 5 heteroatoms. The second-order valence-corrected chi connectivity index (χ2v) is 5.92. The molecule has 0 radical (unpaired) electrons. The summed E-state index contributed by atoms with van der Waals surface area (Å²) < 4.78 is 5.69. The molecule has 1 heterocycles. The topological polar surface area (TPSA) is 58.8 Å². The van der Waals surface area contributed by atoms with E-state index in [1.54, 1.807) is 6.92 Å². The van der Waals surface area contributed by atoms with Crippen LogP contribution in [-0.2, 0) is 4.79 Å². The summed E-state index contributed by atoms with van der Waals surface area (Å²) in [5.74, 6) is 0.777. The molecule has 2 N–H and O–H groups in total. The SMILES string of the molecule is CC1Oc2ccc(C(C)N)cc2N(CCCN(C)C)C1=O. The highest BCUT2D eigenvalue weighted by Crippen LogP contribution is 2.36. The average molecular weight is 291 g/mol. The molecule has 0 aromatic heterocycles. The van der Waals surface area contributed by atoms with Gasteiger partial charge in [0.2, 0.25) is 0 Å². The molecule has 0 saturated carbocycles. The molecule has 0 aliphatic carbocycles. The first kappa shape index (κ1) is 15.8. The van der Waals surface area contributed by atoms with Gasteiger partial charge in [0.25, 0.3) is 5.91 Å². The lowest BCUT2D eigenvalue weighted by Crippen LogP contribution is -2.45. The first-order valence-corrected chi connectivity index (χ1v) is 7.42. The minimum atomic E-state index is -0.432. The lowest BCUT2D eigenvalue weighted by Gasteiger charge is -2.34. The van der Waals surface area contributed by atoms with E-state index in [9.17, 15) is 4.79 Å². The van der Waals surface area contributed by atoms with Crippen LogP contribution in [0.25, 0.3) is 0 Å². The van der Waals surface area contributed by atoms with Crippen LogP contribution < -0.4 is 15.4 Å². The molecule has 0 spiro atoms. The highest BCUT2D eigenvalue weighted by atomic mass is 16.5. The molecule has 2 unspecified atom stereocenters. The Morgan fingerprint density at radius 3 is 2.76 bits per heavy atom. The van der Waals surface area contributed by atoms with Crippen molar-refractivity contribution in [2.45, 2.75) is 32.4 Å². The van der Waals surface area contributed by atoms with Gasteiger partial charge in [-0.3, -0.25) is 4.79 Å². The van der Waals surface area contributed by atoms with Gasteiger partial charge in [-0.2, -0.15) is 0 Å². The zero-order chi connectivity index (χ0) is 15.6. The summed E-state index contributed by atoms with van der Waals surface area (Å²) in [6, 6.07) is 5.78. The van der Waals surface area contributed by atoms with E-state index < -0.39 is 6.10 Å². The van der Waals surface area contributed by atoms with Gasteiger partial charge < -0.3 is 20.3 Å². The highest BCUT2D eigenvalue weighted by molar-refractivity contribution is 5.99. The number of hydrogen-bond acceptors (Lipinski definition) is 4. The number of amides is 1. The molecule has 1 aliphatic heterocycles. The summed E-state index contributed by atoms with van der Waals surface area (Å²) in [5.41, 5.74) is 7.79. The fourth-order valence-corrected chi connectivity index (χ4v) is 2.48. The van der Waals surface area contributed by atoms with Crippen molar-refractivity contribution in [1.29, 1.82) is 0 Å². The van der Waals surface area contributed by atoms with Crippen LogP contribution in [-0.4, -0.2) is 44.1 Å². The molecular formula is C16H25N3O2. The number of fused-ring (bicyclic) bond motifs is 1. The van der Waals surface area contributed by atoms with Crippen molar-refractivity contribution in [2.75, 3.05) is 32.1 Å². The quantitative estimate of drug-likeness (QED) is 0.898. The van der Waals surface area contributed by atoms with E-state index in [1.165, 1.54) is 0 Å². The van der Waals surface area contributed by atoms with Crippen molar-refractivity contribution < 1.29 is 9.53 Å². The number of rotatable bonds is 5. The van der Waals surface area contributed by atoms with Gasteiger partial charge in [0, 0.05) is 12.6 Å². The van der Waals surface area contributed by atoms with E-state index in [1.807, 2.05) is 44.1 Å². The van der Waals surface area contributed by atoms with Gasteiger partial charge in [0.05, 0.1) is 5.69 Å². The molecule has 1 aliphatic rings. The molecule has 2 atom stereocenters. The van der Waals surface area contributed by atoms with Crippen LogP contribution in [0.4, 0.5) is 5.69 Å². The maximum atomic E-state index is 12.4. The first-order valence-electron chi connectivity index (χ1n) is 7.42. The van der Waals surface area contributed by atoms with E-state index in [-0.39, 0.29) is 11.9 Å². The molecular weight excluding hydrogens is 266 g/mol. The zero-order valence-electron chi connectivity index (χ0n) is 13.3. The molecule has 0 bridgehead atoms. The smallest absolute Gasteiger partial charge is 0.267 e. The Kier molecular flexibility index (Phi) is 4.85. The molecule has 1 aromatic rings.